The van der Waals surface area contributed by atoms with E-state index in [4.69, 9.17) is 9.47 Å². The molecule has 0 aliphatic heterocycles. The number of esters is 1. The average molecular weight is 284 g/mol. The highest BCUT2D eigenvalue weighted by molar-refractivity contribution is 14.1. The van der Waals surface area contributed by atoms with Gasteiger partial charge in [0.15, 0.2) is 3.77 Å². The van der Waals surface area contributed by atoms with Gasteiger partial charge < -0.3 is 9.47 Å². The fourth-order valence-corrected chi connectivity index (χ4v) is 1.11. The Bertz CT molecular complexity index is 166. The third kappa shape index (κ3) is 6.45. The van der Waals surface area contributed by atoms with Crippen LogP contribution in [-0.4, -0.2) is 19.2 Å². The lowest BCUT2D eigenvalue weighted by Gasteiger charge is -2.00. The molecule has 0 saturated carbocycles. The van der Waals surface area contributed by atoms with E-state index in [1.807, 2.05) is 29.5 Å². The first-order valence-electron chi connectivity index (χ1n) is 3.84. The molecular weight excluding hydrogens is 271 g/mol. The van der Waals surface area contributed by atoms with E-state index in [-0.39, 0.29) is 12.4 Å². The van der Waals surface area contributed by atoms with Crippen molar-refractivity contribution in [1.82, 2.24) is 0 Å². The lowest BCUT2D eigenvalue weighted by Crippen LogP contribution is -2.01. The molecule has 0 atom stereocenters. The molecule has 3 nitrogen and oxygen atoms in total. The Morgan fingerprint density at radius 3 is 2.42 bits per heavy atom. The molecule has 0 N–H and O–H groups in total. The Kier molecular flexibility index (Phi) is 7.23. The lowest BCUT2D eigenvalue weighted by molar-refractivity contribution is -0.142. The number of carbonyl (C=O) groups is 1. The van der Waals surface area contributed by atoms with Gasteiger partial charge in [-0.3, -0.25) is 4.79 Å². The van der Waals surface area contributed by atoms with E-state index in [1.54, 1.807) is 13.0 Å². The summed E-state index contributed by atoms with van der Waals surface area (Å²) in [6, 6.07) is 0. The fourth-order valence-electron chi connectivity index (χ4n) is 0.580. The van der Waals surface area contributed by atoms with Crippen LogP contribution in [0, 0.1) is 0 Å². The van der Waals surface area contributed by atoms with E-state index in [1.165, 1.54) is 0 Å². The van der Waals surface area contributed by atoms with Gasteiger partial charge in [-0.15, -0.1) is 0 Å². The van der Waals surface area contributed by atoms with Gasteiger partial charge >= 0.3 is 5.97 Å². The van der Waals surface area contributed by atoms with Crippen molar-refractivity contribution in [3.05, 3.63) is 9.84 Å². The Morgan fingerprint density at radius 2 is 1.92 bits per heavy atom. The number of halogens is 1. The average Bonchev–Trinajstić information content (AvgIpc) is 2.02. The molecule has 0 bridgehead atoms. The minimum atomic E-state index is -0.216. The Balaban J connectivity index is 3.63. The first-order chi connectivity index (χ1) is 5.70. The van der Waals surface area contributed by atoms with Crippen molar-refractivity contribution in [3.63, 3.8) is 0 Å². The molecule has 0 fully saturated rings. The first kappa shape index (κ1) is 11.7. The van der Waals surface area contributed by atoms with Crippen LogP contribution in [0.25, 0.3) is 0 Å². The van der Waals surface area contributed by atoms with E-state index in [0.717, 1.165) is 3.77 Å². The molecule has 70 valence electrons. The van der Waals surface area contributed by atoms with Crippen molar-refractivity contribution in [2.24, 2.45) is 0 Å². The molecule has 0 radical (unpaired) electrons. The maximum atomic E-state index is 10.8. The fraction of sp³-hybridized carbons (Fsp3) is 0.625. The van der Waals surface area contributed by atoms with Crippen LogP contribution in [0.5, 0.6) is 0 Å². The molecular formula is C8H13IO3. The number of rotatable bonds is 5. The van der Waals surface area contributed by atoms with Crippen molar-refractivity contribution in [3.8, 4) is 0 Å². The Labute approximate surface area is 86.3 Å². The molecule has 0 heterocycles. The third-order valence-electron chi connectivity index (χ3n) is 1.02. The van der Waals surface area contributed by atoms with Crippen molar-refractivity contribution >= 4 is 28.6 Å². The molecule has 0 saturated heterocycles. The van der Waals surface area contributed by atoms with Gasteiger partial charge in [0.1, 0.15) is 0 Å². The summed E-state index contributed by atoms with van der Waals surface area (Å²) in [5, 5.41) is 0. The topological polar surface area (TPSA) is 35.5 Å². The molecule has 0 aliphatic carbocycles. The number of carbonyl (C=O) groups excluding carboxylic acids is 1. The molecule has 0 spiro atoms. The molecule has 0 aromatic carbocycles. The van der Waals surface area contributed by atoms with E-state index in [2.05, 4.69) is 0 Å². The zero-order chi connectivity index (χ0) is 9.40. The largest absolute Gasteiger partial charge is 0.488 e. The predicted molar refractivity (Wildman–Crippen MR) is 55.0 cm³/mol. The first-order valence-corrected chi connectivity index (χ1v) is 4.92. The summed E-state index contributed by atoms with van der Waals surface area (Å²) in [5.41, 5.74) is 0. The minimum absolute atomic E-state index is 0.216. The SMILES string of the molecule is CCOC(=O)C/C=C(/I)OCC. The molecule has 12 heavy (non-hydrogen) atoms. The molecule has 4 heteroatoms. The van der Waals surface area contributed by atoms with Crippen molar-refractivity contribution in [2.75, 3.05) is 13.2 Å². The van der Waals surface area contributed by atoms with Crippen LogP contribution in [0.1, 0.15) is 20.3 Å². The molecule has 0 unspecified atom stereocenters. The lowest BCUT2D eigenvalue weighted by atomic mass is 10.4. The van der Waals surface area contributed by atoms with Crippen molar-refractivity contribution in [2.45, 2.75) is 20.3 Å². The number of hydrogen-bond donors (Lipinski definition) is 0. The van der Waals surface area contributed by atoms with Gasteiger partial charge in [-0.25, -0.2) is 0 Å². The monoisotopic (exact) mass is 284 g/mol. The van der Waals surface area contributed by atoms with Gasteiger partial charge in [-0.05, 0) is 42.5 Å². The van der Waals surface area contributed by atoms with Crippen LogP contribution < -0.4 is 0 Å². The molecule has 0 aliphatic rings. The zero-order valence-electron chi connectivity index (χ0n) is 7.30. The highest BCUT2D eigenvalue weighted by Crippen LogP contribution is 2.08. The van der Waals surface area contributed by atoms with Crippen LogP contribution in [0.15, 0.2) is 9.84 Å². The highest BCUT2D eigenvalue weighted by atomic mass is 127. The zero-order valence-corrected chi connectivity index (χ0v) is 9.46. The summed E-state index contributed by atoms with van der Waals surface area (Å²) in [6.07, 6.45) is 1.99. The van der Waals surface area contributed by atoms with Gasteiger partial charge in [-0.2, -0.15) is 0 Å². The quantitative estimate of drug-likeness (QED) is 0.441. The summed E-state index contributed by atoms with van der Waals surface area (Å²) in [7, 11) is 0. The van der Waals surface area contributed by atoms with Crippen LogP contribution in [0.2, 0.25) is 0 Å². The van der Waals surface area contributed by atoms with E-state index in [0.29, 0.717) is 13.2 Å². The van der Waals surface area contributed by atoms with Gasteiger partial charge in [0.25, 0.3) is 0 Å². The molecule has 0 aromatic heterocycles. The van der Waals surface area contributed by atoms with Crippen LogP contribution in [-0.2, 0) is 14.3 Å². The van der Waals surface area contributed by atoms with Gasteiger partial charge in [0, 0.05) is 0 Å². The third-order valence-corrected chi connectivity index (χ3v) is 1.77. The normalized spacial score (nSPS) is 11.1. The second-order valence-corrected chi connectivity index (χ2v) is 3.01. The maximum absolute atomic E-state index is 10.8. The van der Waals surface area contributed by atoms with E-state index < -0.39 is 0 Å². The standard InChI is InChI=1S/C8H13IO3/c1-3-11-7(9)5-6-8(10)12-4-2/h5H,3-4,6H2,1-2H3/b7-5-. The van der Waals surface area contributed by atoms with Crippen molar-refractivity contribution < 1.29 is 14.3 Å². The molecule has 0 rings (SSSR count). The van der Waals surface area contributed by atoms with Gasteiger partial charge in [0.05, 0.1) is 19.6 Å². The minimum Gasteiger partial charge on any atom is -0.488 e. The molecule has 0 aromatic rings. The Hall–Kier alpha value is -0.260. The second kappa shape index (κ2) is 7.39. The smallest absolute Gasteiger partial charge is 0.309 e. The highest BCUT2D eigenvalue weighted by Gasteiger charge is 1.98. The van der Waals surface area contributed by atoms with Gasteiger partial charge in [0.2, 0.25) is 0 Å². The van der Waals surface area contributed by atoms with Crippen molar-refractivity contribution in [1.29, 1.82) is 0 Å². The summed E-state index contributed by atoms with van der Waals surface area (Å²) in [6.45, 7) is 4.74. The van der Waals surface area contributed by atoms with Crippen LogP contribution in [0.3, 0.4) is 0 Å². The van der Waals surface area contributed by atoms with E-state index in [9.17, 15) is 4.79 Å². The maximum Gasteiger partial charge on any atom is 0.309 e. The van der Waals surface area contributed by atoms with E-state index >= 15 is 0 Å². The summed E-state index contributed by atoms with van der Waals surface area (Å²) >= 11 is 2.03. The Morgan fingerprint density at radius 1 is 1.33 bits per heavy atom. The second-order valence-electron chi connectivity index (χ2n) is 1.95. The summed E-state index contributed by atoms with van der Waals surface area (Å²) in [5.74, 6) is -0.216. The predicted octanol–water partition coefficient (Wildman–Crippen LogP) is 2.25. The summed E-state index contributed by atoms with van der Waals surface area (Å²) in [4.78, 5) is 10.8. The van der Waals surface area contributed by atoms with Crippen LogP contribution >= 0.6 is 22.6 Å². The summed E-state index contributed by atoms with van der Waals surface area (Å²) < 4.78 is 10.6. The van der Waals surface area contributed by atoms with Gasteiger partial charge in [-0.1, -0.05) is 0 Å². The molecule has 0 amide bonds. The number of ether oxygens (including phenoxy) is 2. The number of hydrogen-bond acceptors (Lipinski definition) is 3. The van der Waals surface area contributed by atoms with Crippen LogP contribution in [0.4, 0.5) is 0 Å².